The molecular formula is C22H18FN3O2. The van der Waals surface area contributed by atoms with Crippen molar-refractivity contribution in [1.82, 2.24) is 15.2 Å². The van der Waals surface area contributed by atoms with Crippen molar-refractivity contribution in [2.24, 2.45) is 0 Å². The Balaban J connectivity index is 1.73. The number of hydrogen-bond donors (Lipinski definition) is 1. The fraction of sp³-hybridized carbons (Fsp3) is 0.182. The minimum absolute atomic E-state index is 0.312. The molecule has 0 amide bonds. The highest BCUT2D eigenvalue weighted by Crippen LogP contribution is 2.33. The van der Waals surface area contributed by atoms with Crippen molar-refractivity contribution in [3.8, 4) is 28.3 Å². The van der Waals surface area contributed by atoms with Crippen molar-refractivity contribution in [2.45, 2.75) is 13.0 Å². The molecule has 0 aliphatic carbocycles. The van der Waals surface area contributed by atoms with Gasteiger partial charge in [0.15, 0.2) is 0 Å². The van der Waals surface area contributed by atoms with E-state index in [4.69, 9.17) is 9.47 Å². The fourth-order valence-electron chi connectivity index (χ4n) is 3.52. The molecule has 6 heteroatoms. The van der Waals surface area contributed by atoms with Crippen LogP contribution < -0.4 is 4.74 Å². The lowest BCUT2D eigenvalue weighted by atomic mass is 10.0. The first-order chi connectivity index (χ1) is 13.8. The van der Waals surface area contributed by atoms with Crippen LogP contribution in [0.4, 0.5) is 4.39 Å². The number of halogens is 1. The van der Waals surface area contributed by atoms with Crippen LogP contribution in [0.5, 0.6) is 5.75 Å². The Hall–Kier alpha value is -3.25. The Morgan fingerprint density at radius 2 is 1.96 bits per heavy atom. The van der Waals surface area contributed by atoms with E-state index >= 15 is 0 Å². The molecule has 0 atom stereocenters. The fourth-order valence-corrected chi connectivity index (χ4v) is 3.52. The molecule has 3 heterocycles. The van der Waals surface area contributed by atoms with Crippen LogP contribution >= 0.6 is 0 Å². The Labute approximate surface area is 161 Å². The molecule has 0 saturated heterocycles. The summed E-state index contributed by atoms with van der Waals surface area (Å²) in [4.78, 5) is 4.47. The van der Waals surface area contributed by atoms with Crippen LogP contribution in [0.1, 0.15) is 12.0 Å². The van der Waals surface area contributed by atoms with E-state index in [0.717, 1.165) is 39.9 Å². The lowest BCUT2D eigenvalue weighted by Crippen LogP contribution is -2.04. The van der Waals surface area contributed by atoms with Gasteiger partial charge in [-0.15, -0.1) is 0 Å². The quantitative estimate of drug-likeness (QED) is 0.483. The minimum atomic E-state index is -0.312. The first-order valence-electron chi connectivity index (χ1n) is 9.22. The van der Waals surface area contributed by atoms with Crippen molar-refractivity contribution >= 4 is 10.9 Å². The highest BCUT2D eigenvalue weighted by atomic mass is 19.1. The Kier molecular flexibility index (Phi) is 4.25. The van der Waals surface area contributed by atoms with Gasteiger partial charge in [0.05, 0.1) is 37.2 Å². The van der Waals surface area contributed by atoms with Gasteiger partial charge in [0.25, 0.3) is 0 Å². The SMILES string of the molecule is Fc1cccc2c1-c1cc3c(n[nH]c3cn1)-c1cccc(c1)OCCCOC2. The minimum Gasteiger partial charge on any atom is -0.493 e. The molecule has 28 heavy (non-hydrogen) atoms. The summed E-state index contributed by atoms with van der Waals surface area (Å²) < 4.78 is 26.3. The van der Waals surface area contributed by atoms with Gasteiger partial charge >= 0.3 is 0 Å². The summed E-state index contributed by atoms with van der Waals surface area (Å²) in [5.41, 5.74) is 4.32. The molecule has 0 saturated carbocycles. The number of nitrogens with zero attached hydrogens (tertiary/aromatic N) is 2. The summed E-state index contributed by atoms with van der Waals surface area (Å²) in [6, 6.07) is 14.7. The van der Waals surface area contributed by atoms with Crippen LogP contribution in [-0.4, -0.2) is 28.4 Å². The second-order valence-corrected chi connectivity index (χ2v) is 6.74. The Morgan fingerprint density at radius 3 is 2.93 bits per heavy atom. The topological polar surface area (TPSA) is 60.0 Å². The molecule has 0 spiro atoms. The average molecular weight is 375 g/mol. The highest BCUT2D eigenvalue weighted by molar-refractivity contribution is 5.94. The van der Waals surface area contributed by atoms with Crippen molar-refractivity contribution in [2.75, 3.05) is 13.2 Å². The third-order valence-electron chi connectivity index (χ3n) is 4.87. The van der Waals surface area contributed by atoms with Crippen LogP contribution in [0.3, 0.4) is 0 Å². The summed E-state index contributed by atoms with van der Waals surface area (Å²) in [6.07, 6.45) is 2.43. The van der Waals surface area contributed by atoms with Gasteiger partial charge in [0, 0.05) is 22.9 Å². The maximum absolute atomic E-state index is 14.7. The molecule has 1 aliphatic heterocycles. The number of ether oxygens (including phenoxy) is 2. The van der Waals surface area contributed by atoms with Crippen LogP contribution in [-0.2, 0) is 11.3 Å². The predicted molar refractivity (Wildman–Crippen MR) is 104 cm³/mol. The van der Waals surface area contributed by atoms with Crippen LogP contribution in [0.25, 0.3) is 33.4 Å². The van der Waals surface area contributed by atoms with Crippen molar-refractivity contribution < 1.29 is 13.9 Å². The van der Waals surface area contributed by atoms with Crippen molar-refractivity contribution in [3.05, 3.63) is 66.1 Å². The number of fused-ring (bicyclic) bond motifs is 6. The maximum Gasteiger partial charge on any atom is 0.132 e. The largest absolute Gasteiger partial charge is 0.493 e. The molecule has 5 nitrogen and oxygen atoms in total. The lowest BCUT2D eigenvalue weighted by molar-refractivity contribution is 0.107. The summed E-state index contributed by atoms with van der Waals surface area (Å²) in [5, 5.41) is 8.35. The zero-order valence-corrected chi connectivity index (χ0v) is 15.1. The molecule has 4 aromatic rings. The van der Waals surface area contributed by atoms with E-state index in [-0.39, 0.29) is 5.82 Å². The number of pyridine rings is 1. The molecule has 2 aromatic heterocycles. The third kappa shape index (κ3) is 3.01. The van der Waals surface area contributed by atoms with Gasteiger partial charge in [0.2, 0.25) is 0 Å². The van der Waals surface area contributed by atoms with Gasteiger partial charge in [0.1, 0.15) is 17.3 Å². The van der Waals surface area contributed by atoms with Gasteiger partial charge < -0.3 is 9.47 Å². The zero-order valence-electron chi connectivity index (χ0n) is 15.1. The molecule has 0 fully saturated rings. The first-order valence-corrected chi connectivity index (χ1v) is 9.22. The van der Waals surface area contributed by atoms with Crippen LogP contribution in [0, 0.1) is 5.82 Å². The highest BCUT2D eigenvalue weighted by Gasteiger charge is 2.16. The second-order valence-electron chi connectivity index (χ2n) is 6.74. The smallest absolute Gasteiger partial charge is 0.132 e. The Bertz CT molecular complexity index is 1160. The van der Waals surface area contributed by atoms with Gasteiger partial charge in [-0.1, -0.05) is 24.3 Å². The monoisotopic (exact) mass is 375 g/mol. The molecule has 1 N–H and O–H groups in total. The predicted octanol–water partition coefficient (Wildman–Crippen LogP) is 4.73. The van der Waals surface area contributed by atoms with E-state index in [1.165, 1.54) is 6.07 Å². The van der Waals surface area contributed by atoms with E-state index in [9.17, 15) is 4.39 Å². The lowest BCUT2D eigenvalue weighted by Gasteiger charge is -2.11. The summed E-state index contributed by atoms with van der Waals surface area (Å²) >= 11 is 0. The molecule has 140 valence electrons. The Morgan fingerprint density at radius 1 is 1.04 bits per heavy atom. The normalized spacial score (nSPS) is 14.2. The molecule has 0 unspecified atom stereocenters. The number of hydrogen-bond acceptors (Lipinski definition) is 4. The zero-order chi connectivity index (χ0) is 18.9. The summed E-state index contributed by atoms with van der Waals surface area (Å²) in [7, 11) is 0. The summed E-state index contributed by atoms with van der Waals surface area (Å²) in [5.74, 6) is 0.472. The van der Waals surface area contributed by atoms with Crippen molar-refractivity contribution in [1.29, 1.82) is 0 Å². The average Bonchev–Trinajstić information content (AvgIpc) is 3.13. The second kappa shape index (κ2) is 7.05. The number of aromatic nitrogens is 3. The number of H-pyrrole nitrogens is 1. The van der Waals surface area contributed by atoms with Gasteiger partial charge in [-0.25, -0.2) is 4.39 Å². The molecule has 0 radical (unpaired) electrons. The van der Waals surface area contributed by atoms with E-state index in [1.807, 2.05) is 36.4 Å². The molecule has 2 aromatic carbocycles. The van der Waals surface area contributed by atoms with Gasteiger partial charge in [-0.3, -0.25) is 10.1 Å². The number of aromatic amines is 1. The number of nitrogens with one attached hydrogen (secondary N) is 1. The molecule has 4 bridgehead atoms. The molecule has 5 rings (SSSR count). The van der Waals surface area contributed by atoms with E-state index in [1.54, 1.807) is 12.3 Å². The summed E-state index contributed by atoms with van der Waals surface area (Å²) in [6.45, 7) is 1.40. The number of benzene rings is 2. The van der Waals surface area contributed by atoms with Crippen LogP contribution in [0.15, 0.2) is 54.7 Å². The standard InChI is InChI=1S/C22H18FN3O2/c23-18-7-2-5-15-13-27-8-3-9-28-16-6-1-4-14(10-16)22-17-11-19(21(15)18)24-12-20(17)25-26-22/h1-2,4-7,10-12H,3,8-9,13H2,(H,25,26). The number of rotatable bonds is 0. The van der Waals surface area contributed by atoms with Gasteiger partial charge in [-0.05, 0) is 29.8 Å². The van der Waals surface area contributed by atoms with Crippen LogP contribution in [0.2, 0.25) is 0 Å². The van der Waals surface area contributed by atoms with Crippen molar-refractivity contribution in [3.63, 3.8) is 0 Å². The third-order valence-corrected chi connectivity index (χ3v) is 4.87. The molecule has 1 aliphatic rings. The van der Waals surface area contributed by atoms with E-state index < -0.39 is 0 Å². The first kappa shape index (κ1) is 16.9. The molecular weight excluding hydrogens is 357 g/mol. The maximum atomic E-state index is 14.7. The van der Waals surface area contributed by atoms with Gasteiger partial charge in [-0.2, -0.15) is 5.10 Å². The van der Waals surface area contributed by atoms with E-state index in [0.29, 0.717) is 31.1 Å². The van der Waals surface area contributed by atoms with E-state index in [2.05, 4.69) is 15.2 Å².